The van der Waals surface area contributed by atoms with Gasteiger partial charge in [-0.3, -0.25) is 0 Å². The number of ether oxygens (including phenoxy) is 1. The van der Waals surface area contributed by atoms with Crippen molar-refractivity contribution in [2.45, 2.75) is 12.8 Å². The van der Waals surface area contributed by atoms with Crippen molar-refractivity contribution in [2.75, 3.05) is 6.61 Å². The third kappa shape index (κ3) is 1.37. The molecular weight excluding hydrogens is 136 g/mol. The van der Waals surface area contributed by atoms with E-state index in [1.165, 1.54) is 5.57 Å². The van der Waals surface area contributed by atoms with Gasteiger partial charge >= 0.3 is 0 Å². The number of hydrogen-bond donors (Lipinski definition) is 0. The van der Waals surface area contributed by atoms with Gasteiger partial charge in [0.15, 0.2) is 0 Å². The standard InChI is InChI=1S/C10H12O/c1-2-4-9(5-3-1)10-6-7-11-8-10/h1-2,5-7,10H,3-4,8H2. The molecular formula is C10H12O. The van der Waals surface area contributed by atoms with Crippen LogP contribution >= 0.6 is 0 Å². The van der Waals surface area contributed by atoms with Gasteiger partial charge in [-0.25, -0.2) is 0 Å². The molecule has 0 aromatic heterocycles. The van der Waals surface area contributed by atoms with E-state index in [1.54, 1.807) is 0 Å². The molecule has 0 fully saturated rings. The molecule has 0 aromatic rings. The normalized spacial score (nSPS) is 28.4. The van der Waals surface area contributed by atoms with Crippen molar-refractivity contribution < 1.29 is 4.74 Å². The lowest BCUT2D eigenvalue weighted by Gasteiger charge is -2.12. The Labute approximate surface area is 67.1 Å². The third-order valence-corrected chi connectivity index (χ3v) is 2.20. The minimum atomic E-state index is 0.556. The molecule has 1 aliphatic heterocycles. The minimum Gasteiger partial charge on any atom is -0.501 e. The average Bonchev–Trinajstić information content (AvgIpc) is 2.58. The van der Waals surface area contributed by atoms with Crippen LogP contribution in [-0.4, -0.2) is 6.61 Å². The van der Waals surface area contributed by atoms with Gasteiger partial charge in [0, 0.05) is 5.92 Å². The molecule has 0 aromatic carbocycles. The fourth-order valence-electron chi connectivity index (χ4n) is 1.52. The van der Waals surface area contributed by atoms with E-state index < -0.39 is 0 Å². The second-order valence-electron chi connectivity index (χ2n) is 2.96. The third-order valence-electron chi connectivity index (χ3n) is 2.20. The van der Waals surface area contributed by atoms with Crippen molar-refractivity contribution in [1.29, 1.82) is 0 Å². The zero-order valence-electron chi connectivity index (χ0n) is 6.49. The first kappa shape index (κ1) is 6.71. The maximum absolute atomic E-state index is 5.16. The highest BCUT2D eigenvalue weighted by atomic mass is 16.5. The number of hydrogen-bond acceptors (Lipinski definition) is 1. The smallest absolute Gasteiger partial charge is 0.0974 e. The predicted octanol–water partition coefficient (Wildman–Crippen LogP) is 2.42. The highest BCUT2D eigenvalue weighted by Gasteiger charge is 2.14. The fourth-order valence-corrected chi connectivity index (χ4v) is 1.52. The van der Waals surface area contributed by atoms with Crippen LogP contribution in [0, 0.1) is 5.92 Å². The largest absolute Gasteiger partial charge is 0.501 e. The SMILES string of the molecule is C1=CCC(C2C=COC2)=CC1. The van der Waals surface area contributed by atoms with Gasteiger partial charge in [0.2, 0.25) is 0 Å². The van der Waals surface area contributed by atoms with Crippen molar-refractivity contribution in [3.63, 3.8) is 0 Å². The van der Waals surface area contributed by atoms with Crippen LogP contribution in [0.1, 0.15) is 12.8 Å². The molecule has 2 rings (SSSR count). The predicted molar refractivity (Wildman–Crippen MR) is 45.0 cm³/mol. The number of rotatable bonds is 1. The summed E-state index contributed by atoms with van der Waals surface area (Å²) in [5, 5.41) is 0. The zero-order chi connectivity index (χ0) is 7.52. The Morgan fingerprint density at radius 1 is 1.36 bits per heavy atom. The second kappa shape index (κ2) is 2.95. The number of allylic oxidation sites excluding steroid dienone is 3. The van der Waals surface area contributed by atoms with Crippen molar-refractivity contribution in [3.05, 3.63) is 36.1 Å². The van der Waals surface area contributed by atoms with Crippen LogP contribution in [0.4, 0.5) is 0 Å². The average molecular weight is 148 g/mol. The van der Waals surface area contributed by atoms with E-state index in [0.29, 0.717) is 5.92 Å². The van der Waals surface area contributed by atoms with Crippen LogP contribution in [0.2, 0.25) is 0 Å². The van der Waals surface area contributed by atoms with Gasteiger partial charge in [-0.2, -0.15) is 0 Å². The van der Waals surface area contributed by atoms with E-state index in [0.717, 1.165) is 19.4 Å². The van der Waals surface area contributed by atoms with Gasteiger partial charge in [0.1, 0.15) is 0 Å². The molecule has 1 heterocycles. The first-order valence-electron chi connectivity index (χ1n) is 4.09. The second-order valence-corrected chi connectivity index (χ2v) is 2.96. The van der Waals surface area contributed by atoms with Crippen LogP contribution in [-0.2, 0) is 4.74 Å². The van der Waals surface area contributed by atoms with Gasteiger partial charge in [-0.05, 0) is 18.9 Å². The molecule has 0 saturated heterocycles. The molecule has 0 N–H and O–H groups in total. The Kier molecular flexibility index (Phi) is 1.80. The van der Waals surface area contributed by atoms with Crippen LogP contribution in [0.3, 0.4) is 0 Å². The zero-order valence-corrected chi connectivity index (χ0v) is 6.49. The molecule has 1 aliphatic carbocycles. The van der Waals surface area contributed by atoms with Crippen molar-refractivity contribution >= 4 is 0 Å². The van der Waals surface area contributed by atoms with Crippen LogP contribution < -0.4 is 0 Å². The van der Waals surface area contributed by atoms with E-state index in [-0.39, 0.29) is 0 Å². The van der Waals surface area contributed by atoms with E-state index in [1.807, 2.05) is 6.26 Å². The van der Waals surface area contributed by atoms with E-state index >= 15 is 0 Å². The molecule has 11 heavy (non-hydrogen) atoms. The molecule has 1 atom stereocenters. The maximum atomic E-state index is 5.16. The summed E-state index contributed by atoms with van der Waals surface area (Å²) in [5.41, 5.74) is 1.52. The Hall–Kier alpha value is -0.980. The summed E-state index contributed by atoms with van der Waals surface area (Å²) in [4.78, 5) is 0. The maximum Gasteiger partial charge on any atom is 0.0974 e. The van der Waals surface area contributed by atoms with Crippen LogP contribution in [0.15, 0.2) is 36.1 Å². The minimum absolute atomic E-state index is 0.556. The quantitative estimate of drug-likeness (QED) is 0.519. The van der Waals surface area contributed by atoms with Gasteiger partial charge < -0.3 is 4.74 Å². The molecule has 0 amide bonds. The first-order chi connectivity index (χ1) is 5.47. The molecule has 0 spiro atoms. The lowest BCUT2D eigenvalue weighted by Crippen LogP contribution is -2.04. The van der Waals surface area contributed by atoms with Gasteiger partial charge in [0.05, 0.1) is 12.9 Å². The highest BCUT2D eigenvalue weighted by molar-refractivity contribution is 5.22. The summed E-state index contributed by atoms with van der Waals surface area (Å²) in [6.07, 6.45) is 12.9. The summed E-state index contributed by atoms with van der Waals surface area (Å²) in [6.45, 7) is 0.847. The summed E-state index contributed by atoms with van der Waals surface area (Å²) < 4.78 is 5.16. The monoisotopic (exact) mass is 148 g/mol. The molecule has 0 saturated carbocycles. The Bertz CT molecular complexity index is 223. The first-order valence-corrected chi connectivity index (χ1v) is 4.09. The van der Waals surface area contributed by atoms with Gasteiger partial charge in [0.25, 0.3) is 0 Å². The fraction of sp³-hybridized carbons (Fsp3) is 0.400. The Balaban J connectivity index is 2.03. The van der Waals surface area contributed by atoms with E-state index in [4.69, 9.17) is 4.74 Å². The highest BCUT2D eigenvalue weighted by Crippen LogP contribution is 2.24. The van der Waals surface area contributed by atoms with Crippen molar-refractivity contribution in [2.24, 2.45) is 5.92 Å². The van der Waals surface area contributed by atoms with E-state index in [9.17, 15) is 0 Å². The summed E-state index contributed by atoms with van der Waals surface area (Å²) in [6, 6.07) is 0. The van der Waals surface area contributed by atoms with Crippen LogP contribution in [0.25, 0.3) is 0 Å². The molecule has 1 unspecified atom stereocenters. The van der Waals surface area contributed by atoms with Gasteiger partial charge in [-0.15, -0.1) is 0 Å². The molecule has 0 bridgehead atoms. The summed E-state index contributed by atoms with van der Waals surface area (Å²) in [5.74, 6) is 0.556. The van der Waals surface area contributed by atoms with Gasteiger partial charge in [-0.1, -0.05) is 23.8 Å². The molecule has 58 valence electrons. The van der Waals surface area contributed by atoms with E-state index in [2.05, 4.69) is 24.3 Å². The molecule has 0 radical (unpaired) electrons. The molecule has 1 nitrogen and oxygen atoms in total. The Morgan fingerprint density at radius 3 is 3.00 bits per heavy atom. The Morgan fingerprint density at radius 2 is 2.36 bits per heavy atom. The summed E-state index contributed by atoms with van der Waals surface area (Å²) >= 11 is 0. The molecule has 2 aliphatic rings. The van der Waals surface area contributed by atoms with Crippen molar-refractivity contribution in [3.8, 4) is 0 Å². The van der Waals surface area contributed by atoms with Crippen molar-refractivity contribution in [1.82, 2.24) is 0 Å². The lowest BCUT2D eigenvalue weighted by atomic mass is 9.94. The molecule has 1 heteroatoms. The van der Waals surface area contributed by atoms with Crippen LogP contribution in [0.5, 0.6) is 0 Å². The topological polar surface area (TPSA) is 9.23 Å². The lowest BCUT2D eigenvalue weighted by molar-refractivity contribution is 0.259. The summed E-state index contributed by atoms with van der Waals surface area (Å²) in [7, 11) is 0.